The van der Waals surface area contributed by atoms with Crippen molar-refractivity contribution in [1.29, 1.82) is 0 Å². The van der Waals surface area contributed by atoms with Gasteiger partial charge in [-0.15, -0.1) is 0 Å². The average molecular weight is 447 g/mol. The largest absolute Gasteiger partial charge is 0.497 e. The molecular weight excluding hydrogens is 422 g/mol. The smallest absolute Gasteiger partial charge is 0.291 e. The first-order valence-electron chi connectivity index (χ1n) is 10.3. The van der Waals surface area contributed by atoms with E-state index in [0.717, 1.165) is 16.9 Å². The third-order valence-electron chi connectivity index (χ3n) is 4.72. The number of ether oxygens (including phenoxy) is 1. The van der Waals surface area contributed by atoms with Crippen molar-refractivity contribution in [2.24, 2.45) is 0 Å². The molecule has 8 nitrogen and oxygen atoms in total. The van der Waals surface area contributed by atoms with Crippen LogP contribution in [-0.4, -0.2) is 30.9 Å². The summed E-state index contributed by atoms with van der Waals surface area (Å²) in [5.74, 6) is -0.0652. The number of hydrogen-bond donors (Lipinski definition) is 3. The van der Waals surface area contributed by atoms with Crippen LogP contribution in [0.15, 0.2) is 77.4 Å². The van der Waals surface area contributed by atoms with Crippen molar-refractivity contribution >= 4 is 29.5 Å². The topological polar surface area (TPSA) is 110 Å². The van der Waals surface area contributed by atoms with Gasteiger partial charge in [0.2, 0.25) is 11.8 Å². The minimum absolute atomic E-state index is 0.223. The number of methoxy groups -OCH3 is 1. The average Bonchev–Trinajstić information content (AvgIpc) is 3.37. The van der Waals surface area contributed by atoms with E-state index in [9.17, 15) is 14.4 Å². The Kier molecular flexibility index (Phi) is 8.02. The number of furan rings is 1. The molecule has 0 radical (unpaired) electrons. The third kappa shape index (κ3) is 7.10. The molecule has 0 aliphatic rings. The highest BCUT2D eigenvalue weighted by molar-refractivity contribution is 6.02. The second-order valence-electron chi connectivity index (χ2n) is 7.18. The molecule has 0 aliphatic carbocycles. The highest BCUT2D eigenvalue weighted by atomic mass is 16.5. The van der Waals surface area contributed by atoms with Crippen LogP contribution >= 0.6 is 0 Å². The zero-order valence-corrected chi connectivity index (χ0v) is 18.3. The van der Waals surface area contributed by atoms with Crippen LogP contribution in [0, 0.1) is 0 Å². The maximum atomic E-state index is 12.3. The van der Waals surface area contributed by atoms with Crippen molar-refractivity contribution in [3.05, 3.63) is 89.9 Å². The second kappa shape index (κ2) is 11.3. The molecule has 0 bridgehead atoms. The van der Waals surface area contributed by atoms with Gasteiger partial charge in [-0.1, -0.05) is 24.3 Å². The van der Waals surface area contributed by atoms with Crippen LogP contribution < -0.4 is 20.7 Å². The molecule has 1 atom stereocenters. The van der Waals surface area contributed by atoms with Gasteiger partial charge in [0.15, 0.2) is 5.76 Å². The lowest BCUT2D eigenvalue weighted by molar-refractivity contribution is -0.126. The summed E-state index contributed by atoms with van der Waals surface area (Å²) in [4.78, 5) is 36.4. The van der Waals surface area contributed by atoms with E-state index in [0.29, 0.717) is 5.69 Å². The van der Waals surface area contributed by atoms with Crippen LogP contribution in [0.3, 0.4) is 0 Å². The van der Waals surface area contributed by atoms with Crippen LogP contribution in [-0.2, 0) is 16.1 Å². The Labute approximate surface area is 191 Å². The van der Waals surface area contributed by atoms with E-state index in [2.05, 4.69) is 16.0 Å². The standard InChI is InChI=1S/C25H25N3O5/c1-17(27-23(29)14-9-18-7-12-21(32-2)13-8-18)24(30)26-16-19-5-10-20(11-6-19)28-25(31)22-4-3-15-33-22/h3-15,17H,16H2,1-2H3,(H,26,30)(H,27,29)(H,28,31)/b14-9+. The van der Waals surface area contributed by atoms with Crippen molar-refractivity contribution in [1.82, 2.24) is 10.6 Å². The molecule has 1 aromatic heterocycles. The lowest BCUT2D eigenvalue weighted by Gasteiger charge is -2.13. The van der Waals surface area contributed by atoms with E-state index in [1.807, 2.05) is 12.1 Å². The second-order valence-corrected chi connectivity index (χ2v) is 7.18. The molecule has 8 heteroatoms. The van der Waals surface area contributed by atoms with Gasteiger partial charge in [-0.25, -0.2) is 0 Å². The molecule has 0 fully saturated rings. The van der Waals surface area contributed by atoms with Crippen molar-refractivity contribution in [3.63, 3.8) is 0 Å². The molecule has 0 aliphatic heterocycles. The van der Waals surface area contributed by atoms with Crippen molar-refractivity contribution in [2.45, 2.75) is 19.5 Å². The molecule has 2 aromatic carbocycles. The van der Waals surface area contributed by atoms with E-state index in [1.54, 1.807) is 68.6 Å². The first-order chi connectivity index (χ1) is 15.9. The minimum atomic E-state index is -0.704. The predicted molar refractivity (Wildman–Crippen MR) is 125 cm³/mol. The van der Waals surface area contributed by atoms with E-state index in [-0.39, 0.29) is 30.0 Å². The molecule has 3 rings (SSSR count). The van der Waals surface area contributed by atoms with Gasteiger partial charge in [-0.2, -0.15) is 0 Å². The summed E-state index contributed by atoms with van der Waals surface area (Å²) < 4.78 is 10.1. The lowest BCUT2D eigenvalue weighted by atomic mass is 10.2. The van der Waals surface area contributed by atoms with Gasteiger partial charge in [0.1, 0.15) is 11.8 Å². The first-order valence-corrected chi connectivity index (χ1v) is 10.3. The van der Waals surface area contributed by atoms with E-state index >= 15 is 0 Å². The van der Waals surface area contributed by atoms with Gasteiger partial charge < -0.3 is 25.1 Å². The van der Waals surface area contributed by atoms with E-state index < -0.39 is 6.04 Å². The molecule has 1 unspecified atom stereocenters. The number of anilines is 1. The Morgan fingerprint density at radius 3 is 2.39 bits per heavy atom. The summed E-state index contributed by atoms with van der Waals surface area (Å²) in [5, 5.41) is 8.14. The normalized spacial score (nSPS) is 11.6. The van der Waals surface area contributed by atoms with Crippen LogP contribution in [0.2, 0.25) is 0 Å². The van der Waals surface area contributed by atoms with Crippen LogP contribution in [0.25, 0.3) is 6.08 Å². The highest BCUT2D eigenvalue weighted by Crippen LogP contribution is 2.13. The van der Waals surface area contributed by atoms with Gasteiger partial charge in [-0.05, 0) is 60.5 Å². The van der Waals surface area contributed by atoms with Gasteiger partial charge in [-0.3, -0.25) is 14.4 Å². The summed E-state index contributed by atoms with van der Waals surface area (Å²) in [7, 11) is 1.59. The Morgan fingerprint density at radius 2 is 1.76 bits per heavy atom. The number of carbonyl (C=O) groups is 3. The number of nitrogens with one attached hydrogen (secondary N) is 3. The number of hydrogen-bond acceptors (Lipinski definition) is 5. The Bertz CT molecular complexity index is 1100. The fourth-order valence-corrected chi connectivity index (χ4v) is 2.86. The maximum Gasteiger partial charge on any atom is 0.291 e. The molecule has 3 amide bonds. The zero-order chi connectivity index (χ0) is 23.6. The van der Waals surface area contributed by atoms with Gasteiger partial charge >= 0.3 is 0 Å². The van der Waals surface area contributed by atoms with E-state index in [4.69, 9.17) is 9.15 Å². The zero-order valence-electron chi connectivity index (χ0n) is 18.3. The minimum Gasteiger partial charge on any atom is -0.497 e. The molecule has 0 saturated heterocycles. The molecule has 170 valence electrons. The highest BCUT2D eigenvalue weighted by Gasteiger charge is 2.14. The molecule has 0 saturated carbocycles. The summed E-state index contributed by atoms with van der Waals surface area (Å²) >= 11 is 0. The number of amides is 3. The van der Waals surface area contributed by atoms with Crippen molar-refractivity contribution < 1.29 is 23.5 Å². The number of rotatable bonds is 9. The van der Waals surface area contributed by atoms with Crippen LogP contribution in [0.1, 0.15) is 28.6 Å². The van der Waals surface area contributed by atoms with E-state index in [1.165, 1.54) is 12.3 Å². The summed E-state index contributed by atoms with van der Waals surface area (Å²) in [6.45, 7) is 1.90. The predicted octanol–water partition coefficient (Wildman–Crippen LogP) is 3.37. The van der Waals surface area contributed by atoms with Crippen molar-refractivity contribution in [3.8, 4) is 5.75 Å². The molecule has 3 N–H and O–H groups in total. The summed E-state index contributed by atoms with van der Waals surface area (Å²) in [6.07, 6.45) is 4.47. The molecule has 0 spiro atoms. The SMILES string of the molecule is COc1ccc(/C=C/C(=O)NC(C)C(=O)NCc2ccc(NC(=O)c3ccco3)cc2)cc1. The Balaban J connectivity index is 1.43. The molecule has 1 heterocycles. The van der Waals surface area contributed by atoms with Crippen molar-refractivity contribution in [2.75, 3.05) is 12.4 Å². The summed E-state index contributed by atoms with van der Waals surface area (Å²) in [6, 6.07) is 16.8. The quantitative estimate of drug-likeness (QED) is 0.436. The Morgan fingerprint density at radius 1 is 1.03 bits per heavy atom. The third-order valence-corrected chi connectivity index (χ3v) is 4.72. The molecule has 3 aromatic rings. The van der Waals surface area contributed by atoms with Gasteiger partial charge in [0, 0.05) is 18.3 Å². The summed E-state index contributed by atoms with van der Waals surface area (Å²) in [5.41, 5.74) is 2.29. The van der Waals surface area contributed by atoms with Crippen LogP contribution in [0.5, 0.6) is 5.75 Å². The fraction of sp³-hybridized carbons (Fsp3) is 0.160. The number of benzene rings is 2. The Hall–Kier alpha value is -4.33. The van der Waals surface area contributed by atoms with Gasteiger partial charge in [0.25, 0.3) is 5.91 Å². The maximum absolute atomic E-state index is 12.3. The van der Waals surface area contributed by atoms with Gasteiger partial charge in [0.05, 0.1) is 13.4 Å². The fourth-order valence-electron chi connectivity index (χ4n) is 2.86. The lowest BCUT2D eigenvalue weighted by Crippen LogP contribution is -2.44. The molecule has 33 heavy (non-hydrogen) atoms. The van der Waals surface area contributed by atoms with Crippen LogP contribution in [0.4, 0.5) is 5.69 Å². The first kappa shape index (κ1) is 23.3. The molecular formula is C25H25N3O5. The number of carbonyl (C=O) groups excluding carboxylic acids is 3. The monoisotopic (exact) mass is 447 g/mol.